The summed E-state index contributed by atoms with van der Waals surface area (Å²) in [5.74, 6) is -0.0415. The average Bonchev–Trinajstić information content (AvgIpc) is 2.86. The molecule has 2 aliphatic heterocycles. The van der Waals surface area contributed by atoms with Gasteiger partial charge in [0.25, 0.3) is 0 Å². The summed E-state index contributed by atoms with van der Waals surface area (Å²) >= 11 is 0. The number of hydrogen-bond acceptors (Lipinski definition) is 4. The van der Waals surface area contributed by atoms with Gasteiger partial charge in [-0.05, 0) is 43.0 Å². The predicted octanol–water partition coefficient (Wildman–Crippen LogP) is 1.67. The van der Waals surface area contributed by atoms with E-state index in [1.807, 2.05) is 4.90 Å². The van der Waals surface area contributed by atoms with Gasteiger partial charge in [-0.3, -0.25) is 9.59 Å². The fraction of sp³-hybridized carbons (Fsp3) is 0.579. The van der Waals surface area contributed by atoms with Crippen molar-refractivity contribution in [1.29, 1.82) is 0 Å². The SMILES string of the molecule is CC(=O)N1CCc2cc(S(=O)(=O)NCCC(=O)N3CCCCCC3)ccc21. The van der Waals surface area contributed by atoms with E-state index in [0.29, 0.717) is 13.0 Å². The van der Waals surface area contributed by atoms with Crippen molar-refractivity contribution in [3.8, 4) is 0 Å². The van der Waals surface area contributed by atoms with Crippen LogP contribution in [0.3, 0.4) is 0 Å². The fourth-order valence-electron chi connectivity index (χ4n) is 3.73. The molecule has 1 saturated heterocycles. The van der Waals surface area contributed by atoms with Crippen LogP contribution in [0.1, 0.15) is 44.6 Å². The molecule has 0 aromatic heterocycles. The minimum absolute atomic E-state index is 0.00523. The van der Waals surface area contributed by atoms with Crippen molar-refractivity contribution in [2.24, 2.45) is 0 Å². The first-order chi connectivity index (χ1) is 12.9. The second kappa shape index (κ2) is 8.39. The molecular formula is C19H27N3O4S. The number of amides is 2. The van der Waals surface area contributed by atoms with Crippen molar-refractivity contribution in [3.05, 3.63) is 23.8 Å². The molecule has 27 heavy (non-hydrogen) atoms. The first-order valence-electron chi connectivity index (χ1n) is 9.57. The van der Waals surface area contributed by atoms with Gasteiger partial charge in [-0.25, -0.2) is 13.1 Å². The highest BCUT2D eigenvalue weighted by Crippen LogP contribution is 2.30. The maximum Gasteiger partial charge on any atom is 0.240 e. The third-order valence-electron chi connectivity index (χ3n) is 5.23. The lowest BCUT2D eigenvalue weighted by atomic mass is 10.2. The number of hydrogen-bond donors (Lipinski definition) is 1. The summed E-state index contributed by atoms with van der Waals surface area (Å²) in [5.41, 5.74) is 1.63. The van der Waals surface area contributed by atoms with Crippen molar-refractivity contribution in [3.63, 3.8) is 0 Å². The molecule has 0 aliphatic carbocycles. The number of benzene rings is 1. The van der Waals surface area contributed by atoms with Gasteiger partial charge in [0.1, 0.15) is 0 Å². The molecule has 0 saturated carbocycles. The summed E-state index contributed by atoms with van der Waals surface area (Å²) in [4.78, 5) is 27.6. The Balaban J connectivity index is 1.59. The maximum absolute atomic E-state index is 12.5. The van der Waals surface area contributed by atoms with Gasteiger partial charge in [-0.15, -0.1) is 0 Å². The second-order valence-corrected chi connectivity index (χ2v) is 8.92. The molecule has 0 bridgehead atoms. The van der Waals surface area contributed by atoms with Gasteiger partial charge in [-0.1, -0.05) is 12.8 Å². The van der Waals surface area contributed by atoms with E-state index >= 15 is 0 Å². The van der Waals surface area contributed by atoms with Crippen LogP contribution in [-0.2, 0) is 26.0 Å². The van der Waals surface area contributed by atoms with Gasteiger partial charge in [-0.2, -0.15) is 0 Å². The monoisotopic (exact) mass is 393 g/mol. The molecule has 7 nitrogen and oxygen atoms in total. The van der Waals surface area contributed by atoms with E-state index < -0.39 is 10.0 Å². The molecule has 0 radical (unpaired) electrons. The average molecular weight is 394 g/mol. The molecule has 0 unspecified atom stereocenters. The van der Waals surface area contributed by atoms with Gasteiger partial charge in [0.05, 0.1) is 4.90 Å². The van der Waals surface area contributed by atoms with E-state index in [9.17, 15) is 18.0 Å². The molecule has 148 valence electrons. The maximum atomic E-state index is 12.5. The van der Waals surface area contributed by atoms with Crippen LogP contribution >= 0.6 is 0 Å². The van der Waals surface area contributed by atoms with Crippen molar-refractivity contribution >= 4 is 27.5 Å². The van der Waals surface area contributed by atoms with Gasteiger partial charge >= 0.3 is 0 Å². The second-order valence-electron chi connectivity index (χ2n) is 7.15. The summed E-state index contributed by atoms with van der Waals surface area (Å²) in [6.07, 6.45) is 5.15. The number of nitrogens with one attached hydrogen (secondary N) is 1. The third kappa shape index (κ3) is 4.68. The van der Waals surface area contributed by atoms with E-state index in [1.165, 1.54) is 13.0 Å². The van der Waals surface area contributed by atoms with Crippen molar-refractivity contribution in [2.45, 2.75) is 50.3 Å². The van der Waals surface area contributed by atoms with Gasteiger partial charge in [0, 0.05) is 45.2 Å². The van der Waals surface area contributed by atoms with Crippen LogP contribution in [0.4, 0.5) is 5.69 Å². The summed E-state index contributed by atoms with van der Waals surface area (Å²) in [5, 5.41) is 0. The van der Waals surface area contributed by atoms with Crippen LogP contribution in [-0.4, -0.2) is 51.3 Å². The lowest BCUT2D eigenvalue weighted by Gasteiger charge is -2.20. The van der Waals surface area contributed by atoms with Crippen LogP contribution < -0.4 is 9.62 Å². The number of nitrogens with zero attached hydrogens (tertiary/aromatic N) is 2. The first-order valence-corrected chi connectivity index (χ1v) is 11.1. The lowest BCUT2D eigenvalue weighted by Crippen LogP contribution is -2.35. The molecule has 1 fully saturated rings. The standard InChI is InChI=1S/C19H27N3O4S/c1-15(23)22-13-9-16-14-17(6-7-18(16)22)27(25,26)20-10-8-19(24)21-11-4-2-3-5-12-21/h6-7,14,20H,2-5,8-13H2,1H3. The molecule has 0 spiro atoms. The zero-order valence-electron chi connectivity index (χ0n) is 15.7. The Morgan fingerprint density at radius 2 is 1.78 bits per heavy atom. The normalized spacial score (nSPS) is 17.5. The number of fused-ring (bicyclic) bond motifs is 1. The Labute approximate surface area is 160 Å². The Morgan fingerprint density at radius 1 is 1.07 bits per heavy atom. The quantitative estimate of drug-likeness (QED) is 0.824. The van der Waals surface area contributed by atoms with Gasteiger partial charge < -0.3 is 9.80 Å². The molecule has 1 N–H and O–H groups in total. The lowest BCUT2D eigenvalue weighted by molar-refractivity contribution is -0.131. The first kappa shape index (κ1) is 19.8. The van der Waals surface area contributed by atoms with Crippen LogP contribution in [0.15, 0.2) is 23.1 Å². The Morgan fingerprint density at radius 3 is 2.44 bits per heavy atom. The number of carbonyl (C=O) groups excluding carboxylic acids is 2. The number of sulfonamides is 1. The fourth-order valence-corrected chi connectivity index (χ4v) is 4.81. The van der Waals surface area contributed by atoms with E-state index in [2.05, 4.69) is 4.72 Å². The van der Waals surface area contributed by atoms with Crippen molar-refractivity contribution in [1.82, 2.24) is 9.62 Å². The molecule has 1 aromatic rings. The third-order valence-corrected chi connectivity index (χ3v) is 6.69. The zero-order valence-corrected chi connectivity index (χ0v) is 16.6. The molecule has 2 aliphatic rings. The molecular weight excluding hydrogens is 366 g/mol. The van der Waals surface area contributed by atoms with Gasteiger partial charge in [0.2, 0.25) is 21.8 Å². The minimum Gasteiger partial charge on any atom is -0.343 e. The topological polar surface area (TPSA) is 86.8 Å². The molecule has 2 heterocycles. The zero-order chi connectivity index (χ0) is 19.4. The molecule has 3 rings (SSSR count). The van der Waals surface area contributed by atoms with E-state index in [1.54, 1.807) is 17.0 Å². The van der Waals surface area contributed by atoms with Crippen LogP contribution in [0.25, 0.3) is 0 Å². The molecule has 2 amide bonds. The van der Waals surface area contributed by atoms with E-state index in [4.69, 9.17) is 0 Å². The molecule has 8 heteroatoms. The number of likely N-dealkylation sites (tertiary alicyclic amines) is 1. The van der Waals surface area contributed by atoms with Gasteiger partial charge in [0.15, 0.2) is 0 Å². The van der Waals surface area contributed by atoms with E-state index in [0.717, 1.165) is 50.0 Å². The number of anilines is 1. The largest absolute Gasteiger partial charge is 0.343 e. The smallest absolute Gasteiger partial charge is 0.240 e. The summed E-state index contributed by atoms with van der Waals surface area (Å²) in [6, 6.07) is 4.82. The highest BCUT2D eigenvalue weighted by Gasteiger charge is 2.25. The Kier molecular flexibility index (Phi) is 6.16. The molecule has 1 aromatic carbocycles. The summed E-state index contributed by atoms with van der Waals surface area (Å²) < 4.78 is 27.6. The van der Waals surface area contributed by atoms with E-state index in [-0.39, 0.29) is 29.7 Å². The Hall–Kier alpha value is -1.93. The number of carbonyl (C=O) groups is 2. The minimum atomic E-state index is -3.68. The number of rotatable bonds is 5. The van der Waals surface area contributed by atoms with Crippen molar-refractivity contribution < 1.29 is 18.0 Å². The van der Waals surface area contributed by atoms with Crippen LogP contribution in [0.2, 0.25) is 0 Å². The Bertz CT molecular complexity index is 814. The molecule has 0 atom stereocenters. The highest BCUT2D eigenvalue weighted by molar-refractivity contribution is 7.89. The summed E-state index contributed by atoms with van der Waals surface area (Å²) in [7, 11) is -3.68. The highest BCUT2D eigenvalue weighted by atomic mass is 32.2. The predicted molar refractivity (Wildman–Crippen MR) is 103 cm³/mol. The van der Waals surface area contributed by atoms with Crippen LogP contribution in [0.5, 0.6) is 0 Å². The van der Waals surface area contributed by atoms with Crippen LogP contribution in [0, 0.1) is 0 Å². The van der Waals surface area contributed by atoms with Crippen molar-refractivity contribution in [2.75, 3.05) is 31.1 Å². The summed E-state index contributed by atoms with van der Waals surface area (Å²) in [6.45, 7) is 3.70.